The van der Waals surface area contributed by atoms with Crippen molar-refractivity contribution in [2.75, 3.05) is 6.61 Å². The fraction of sp³-hybridized carbons (Fsp3) is 0.448. The molecule has 1 fully saturated rings. The quantitative estimate of drug-likeness (QED) is 0.354. The maximum Gasteiger partial charge on any atom is 0.408 e. The Balaban J connectivity index is 1.54. The smallest absolute Gasteiger partial charge is 0.408 e. The monoisotopic (exact) mass is 491 g/mol. The van der Waals surface area contributed by atoms with Crippen molar-refractivity contribution in [1.82, 2.24) is 15.6 Å². The Morgan fingerprint density at radius 3 is 2.58 bits per heavy atom. The first-order chi connectivity index (χ1) is 17.4. The molecule has 0 saturated heterocycles. The van der Waals surface area contributed by atoms with Crippen LogP contribution >= 0.6 is 0 Å². The van der Waals surface area contributed by atoms with E-state index in [-0.39, 0.29) is 25.0 Å². The van der Waals surface area contributed by atoms with E-state index in [9.17, 15) is 14.7 Å². The lowest BCUT2D eigenvalue weighted by molar-refractivity contribution is -0.128. The van der Waals surface area contributed by atoms with Crippen LogP contribution in [0.5, 0.6) is 0 Å². The zero-order valence-electron chi connectivity index (χ0n) is 21.1. The van der Waals surface area contributed by atoms with Crippen LogP contribution in [0, 0.1) is 5.92 Å². The molecule has 7 nitrogen and oxygen atoms in total. The molecule has 1 saturated carbocycles. The van der Waals surface area contributed by atoms with Gasteiger partial charge in [-0.3, -0.25) is 4.79 Å². The number of carbonyl (C=O) groups excluding carboxylic acids is 2. The van der Waals surface area contributed by atoms with Crippen molar-refractivity contribution in [2.24, 2.45) is 5.92 Å². The molecule has 4 N–H and O–H groups in total. The fourth-order valence-corrected chi connectivity index (χ4v) is 5.09. The lowest BCUT2D eigenvalue weighted by Gasteiger charge is -2.33. The first kappa shape index (κ1) is 25.8. The van der Waals surface area contributed by atoms with Gasteiger partial charge in [-0.05, 0) is 55.7 Å². The van der Waals surface area contributed by atoms with Crippen LogP contribution in [0.2, 0.25) is 0 Å². The number of aromatic amines is 1. The van der Waals surface area contributed by atoms with Crippen LogP contribution in [0.25, 0.3) is 10.9 Å². The maximum absolute atomic E-state index is 13.7. The van der Waals surface area contributed by atoms with Gasteiger partial charge in [-0.15, -0.1) is 0 Å². The zero-order chi connectivity index (χ0) is 25.5. The van der Waals surface area contributed by atoms with Gasteiger partial charge in [0.1, 0.15) is 11.6 Å². The summed E-state index contributed by atoms with van der Waals surface area (Å²) in [5, 5.41) is 16.8. The molecule has 36 heavy (non-hydrogen) atoms. The van der Waals surface area contributed by atoms with Gasteiger partial charge in [0.25, 0.3) is 0 Å². The Bertz CT molecular complexity index is 1160. The van der Waals surface area contributed by atoms with Gasteiger partial charge < -0.3 is 25.5 Å². The number of nitrogens with one attached hydrogen (secondary N) is 3. The molecule has 192 valence electrons. The number of benzene rings is 2. The average Bonchev–Trinajstić information content (AvgIpc) is 3.28. The van der Waals surface area contributed by atoms with Crippen molar-refractivity contribution in [3.05, 3.63) is 71.9 Å². The second-order valence-corrected chi connectivity index (χ2v) is 10.2. The fourth-order valence-electron chi connectivity index (χ4n) is 5.09. The van der Waals surface area contributed by atoms with Gasteiger partial charge in [-0.1, -0.05) is 61.9 Å². The van der Waals surface area contributed by atoms with Gasteiger partial charge in [0.05, 0.1) is 12.6 Å². The summed E-state index contributed by atoms with van der Waals surface area (Å²) in [5.74, 6) is -0.0701. The number of aliphatic hydroxyl groups excluding tert-OH is 1. The van der Waals surface area contributed by atoms with E-state index >= 15 is 0 Å². The summed E-state index contributed by atoms with van der Waals surface area (Å²) in [6.45, 7) is 3.60. The minimum atomic E-state index is -1.29. The summed E-state index contributed by atoms with van der Waals surface area (Å²) in [7, 11) is 0. The minimum absolute atomic E-state index is 0.151. The van der Waals surface area contributed by atoms with Crippen LogP contribution in [-0.4, -0.2) is 46.4 Å². The summed E-state index contributed by atoms with van der Waals surface area (Å²) in [5.41, 5.74) is 1.60. The molecule has 1 aliphatic carbocycles. The first-order valence-electron chi connectivity index (χ1n) is 12.9. The lowest BCUT2D eigenvalue weighted by atomic mass is 9.88. The number of alkyl carbamates (subject to hydrolysis) is 1. The van der Waals surface area contributed by atoms with Gasteiger partial charge in [0.15, 0.2) is 0 Å². The van der Waals surface area contributed by atoms with E-state index in [4.69, 9.17) is 4.74 Å². The van der Waals surface area contributed by atoms with Crippen LogP contribution < -0.4 is 10.6 Å². The molecular weight excluding hydrogens is 454 g/mol. The Kier molecular flexibility index (Phi) is 8.31. The molecule has 0 aliphatic heterocycles. The van der Waals surface area contributed by atoms with Gasteiger partial charge >= 0.3 is 6.09 Å². The number of aromatic nitrogens is 1. The topological polar surface area (TPSA) is 103 Å². The number of hydrogen-bond acceptors (Lipinski definition) is 4. The molecule has 2 amide bonds. The van der Waals surface area contributed by atoms with E-state index in [1.807, 2.05) is 60.8 Å². The third-order valence-corrected chi connectivity index (χ3v) is 7.27. The van der Waals surface area contributed by atoms with E-state index in [0.29, 0.717) is 12.3 Å². The van der Waals surface area contributed by atoms with Crippen molar-refractivity contribution >= 4 is 22.9 Å². The SMILES string of the molecule is CC1CCCCC1OC(=O)N[C@](C)(Cc1c[nH]c2ccccc12)C(=O)N[C@H](CO)Cc1ccccc1. The minimum Gasteiger partial charge on any atom is -0.446 e. The van der Waals surface area contributed by atoms with Crippen molar-refractivity contribution < 1.29 is 19.4 Å². The molecule has 7 heteroatoms. The molecule has 0 bridgehead atoms. The summed E-state index contributed by atoms with van der Waals surface area (Å²) in [6.07, 6.45) is 5.93. The number of aliphatic hydroxyl groups is 1. The molecule has 1 aliphatic rings. The number of para-hydroxylation sites is 1. The normalized spacial score (nSPS) is 20.3. The number of hydrogen-bond donors (Lipinski definition) is 4. The second kappa shape index (κ2) is 11.6. The zero-order valence-corrected chi connectivity index (χ0v) is 21.1. The van der Waals surface area contributed by atoms with Gasteiger partial charge in [-0.2, -0.15) is 0 Å². The summed E-state index contributed by atoms with van der Waals surface area (Å²) >= 11 is 0. The number of fused-ring (bicyclic) bond motifs is 1. The molecule has 4 atom stereocenters. The number of ether oxygens (including phenoxy) is 1. The highest BCUT2D eigenvalue weighted by Gasteiger charge is 2.38. The van der Waals surface area contributed by atoms with E-state index in [1.54, 1.807) is 6.92 Å². The summed E-state index contributed by atoms with van der Waals surface area (Å²) in [6, 6.07) is 17.1. The third kappa shape index (κ3) is 6.26. The first-order valence-corrected chi connectivity index (χ1v) is 12.9. The maximum atomic E-state index is 13.7. The Morgan fingerprint density at radius 1 is 1.11 bits per heavy atom. The van der Waals surface area contributed by atoms with E-state index in [0.717, 1.165) is 47.7 Å². The molecule has 2 aromatic carbocycles. The van der Waals surface area contributed by atoms with Crippen LogP contribution in [-0.2, 0) is 22.4 Å². The van der Waals surface area contributed by atoms with Crippen LogP contribution in [0.1, 0.15) is 50.7 Å². The number of rotatable bonds is 9. The Labute approximate surface area is 212 Å². The number of H-pyrrole nitrogens is 1. The highest BCUT2D eigenvalue weighted by atomic mass is 16.6. The predicted octanol–water partition coefficient (Wildman–Crippen LogP) is 4.49. The molecule has 0 radical (unpaired) electrons. The van der Waals surface area contributed by atoms with E-state index in [2.05, 4.69) is 22.5 Å². The van der Waals surface area contributed by atoms with Gasteiger partial charge in [0, 0.05) is 23.5 Å². The van der Waals surface area contributed by atoms with Crippen LogP contribution in [0.15, 0.2) is 60.8 Å². The van der Waals surface area contributed by atoms with Crippen LogP contribution in [0.4, 0.5) is 4.79 Å². The van der Waals surface area contributed by atoms with Gasteiger partial charge in [0.2, 0.25) is 5.91 Å². The third-order valence-electron chi connectivity index (χ3n) is 7.27. The molecular formula is C29H37N3O4. The average molecular weight is 492 g/mol. The van der Waals surface area contributed by atoms with Crippen LogP contribution in [0.3, 0.4) is 0 Å². The standard InChI is InChI=1S/C29H37N3O4/c1-20-10-6-9-15-26(20)36-28(35)32-29(2,17-22-18-30-25-14-8-7-13-24(22)25)27(34)31-23(19-33)16-21-11-4-3-5-12-21/h3-5,7-8,11-14,18,20,23,26,30,33H,6,9-10,15-17,19H2,1-2H3,(H,31,34)(H,32,35)/t20?,23-,26?,29+/m0/s1. The number of carbonyl (C=O) groups is 2. The highest BCUT2D eigenvalue weighted by Crippen LogP contribution is 2.27. The summed E-state index contributed by atoms with van der Waals surface area (Å²) < 4.78 is 5.80. The Morgan fingerprint density at radius 2 is 1.83 bits per heavy atom. The van der Waals surface area contributed by atoms with Crippen molar-refractivity contribution in [3.63, 3.8) is 0 Å². The molecule has 1 heterocycles. The molecule has 2 unspecified atom stereocenters. The number of amides is 2. The second-order valence-electron chi connectivity index (χ2n) is 10.2. The van der Waals surface area contributed by atoms with Crippen molar-refractivity contribution in [3.8, 4) is 0 Å². The van der Waals surface area contributed by atoms with E-state index in [1.165, 1.54) is 0 Å². The molecule has 0 spiro atoms. The van der Waals surface area contributed by atoms with Crippen molar-refractivity contribution in [2.45, 2.75) is 70.1 Å². The molecule has 3 aromatic rings. The lowest BCUT2D eigenvalue weighted by Crippen LogP contribution is -2.60. The highest BCUT2D eigenvalue weighted by molar-refractivity contribution is 5.91. The van der Waals surface area contributed by atoms with E-state index < -0.39 is 17.7 Å². The van der Waals surface area contributed by atoms with Crippen molar-refractivity contribution in [1.29, 1.82) is 0 Å². The summed E-state index contributed by atoms with van der Waals surface area (Å²) in [4.78, 5) is 30.0. The predicted molar refractivity (Wildman–Crippen MR) is 141 cm³/mol. The molecule has 4 rings (SSSR count). The Hall–Kier alpha value is -3.32. The van der Waals surface area contributed by atoms with Gasteiger partial charge in [-0.25, -0.2) is 4.79 Å². The largest absolute Gasteiger partial charge is 0.446 e. The molecule has 1 aromatic heterocycles.